The second-order valence-corrected chi connectivity index (χ2v) is 18.6. The zero-order valence-corrected chi connectivity index (χ0v) is 41.2. The number of ketones is 4. The third kappa shape index (κ3) is 18.4. The molecule has 4 aromatic carbocycles. The summed E-state index contributed by atoms with van der Waals surface area (Å²) < 4.78 is 40.8. The van der Waals surface area contributed by atoms with Crippen LogP contribution in [0.4, 0.5) is 0 Å². The van der Waals surface area contributed by atoms with E-state index in [0.29, 0.717) is 75.1 Å². The van der Waals surface area contributed by atoms with E-state index in [0.717, 1.165) is 22.3 Å². The first-order valence-electron chi connectivity index (χ1n) is 23.1. The lowest BCUT2D eigenvalue weighted by molar-refractivity contribution is -0.0261. The van der Waals surface area contributed by atoms with Gasteiger partial charge in [-0.05, 0) is 77.6 Å². The number of Topliss-reactive ketones (excluding diaryl/α,β-unsaturated/α-hetero) is 4. The standard InChI is InChI=1S/C54H70O15/c1-51(2,59)47(55)41-17-9-37(10-18-41)45(38-11-19-42(20-12-38)48(56)52(3,4)60)68-35-33-66-31-29-64-27-25-63-26-28-65-30-32-67-34-36-69-46(39-13-21-43(22-14-39)49(57)53(5,6)61)40-15-23-44(24-16-40)50(58)54(7,8)62/h9-24,45-46,59-62H,25-36H2,1-8H3. The van der Waals surface area contributed by atoms with Gasteiger partial charge in [0.25, 0.3) is 0 Å². The van der Waals surface area contributed by atoms with E-state index in [-0.39, 0.29) is 26.4 Å². The van der Waals surface area contributed by atoms with Gasteiger partial charge in [0, 0.05) is 22.3 Å². The van der Waals surface area contributed by atoms with Crippen molar-refractivity contribution in [3.05, 3.63) is 142 Å². The fourth-order valence-electron chi connectivity index (χ4n) is 6.85. The van der Waals surface area contributed by atoms with Gasteiger partial charge in [-0.15, -0.1) is 0 Å². The van der Waals surface area contributed by atoms with Gasteiger partial charge >= 0.3 is 0 Å². The number of aliphatic hydroxyl groups is 4. The summed E-state index contributed by atoms with van der Waals surface area (Å²) in [5.74, 6) is -1.61. The van der Waals surface area contributed by atoms with Gasteiger partial charge in [-0.25, -0.2) is 0 Å². The lowest BCUT2D eigenvalue weighted by Gasteiger charge is -2.21. The molecule has 69 heavy (non-hydrogen) atoms. The van der Waals surface area contributed by atoms with E-state index in [1.807, 2.05) is 0 Å². The molecular weight excluding hydrogens is 889 g/mol. The molecule has 0 aromatic heterocycles. The summed E-state index contributed by atoms with van der Waals surface area (Å²) in [7, 11) is 0. The minimum atomic E-state index is -1.51. The van der Waals surface area contributed by atoms with Crippen LogP contribution in [0.1, 0.15) is 131 Å². The van der Waals surface area contributed by atoms with Gasteiger partial charge in [-0.2, -0.15) is 0 Å². The van der Waals surface area contributed by atoms with Crippen molar-refractivity contribution in [1.29, 1.82) is 0 Å². The lowest BCUT2D eigenvalue weighted by atomic mass is 9.92. The van der Waals surface area contributed by atoms with Gasteiger partial charge in [0.1, 0.15) is 34.6 Å². The zero-order valence-electron chi connectivity index (χ0n) is 41.2. The number of rotatable bonds is 32. The van der Waals surface area contributed by atoms with E-state index < -0.39 is 57.7 Å². The molecule has 0 aliphatic heterocycles. The Morgan fingerprint density at radius 1 is 0.319 bits per heavy atom. The molecule has 0 bridgehead atoms. The average Bonchev–Trinajstić information content (AvgIpc) is 3.30. The Hall–Kier alpha value is -4.88. The Morgan fingerprint density at radius 2 is 0.478 bits per heavy atom. The second kappa shape index (κ2) is 26.4. The smallest absolute Gasteiger partial charge is 0.193 e. The summed E-state index contributed by atoms with van der Waals surface area (Å²) in [5.41, 5.74) is -1.56. The highest BCUT2D eigenvalue weighted by Gasteiger charge is 2.29. The Bertz CT molecular complexity index is 1910. The quantitative estimate of drug-likeness (QED) is 0.0304. The van der Waals surface area contributed by atoms with Crippen LogP contribution in [0.5, 0.6) is 0 Å². The Morgan fingerprint density at radius 3 is 0.638 bits per heavy atom. The van der Waals surface area contributed by atoms with Gasteiger partial charge in [0.15, 0.2) is 23.1 Å². The number of ether oxygens (including phenoxy) is 7. The van der Waals surface area contributed by atoms with E-state index in [1.54, 1.807) is 97.1 Å². The first kappa shape index (κ1) is 56.7. The minimum absolute atomic E-state index is 0.236. The highest BCUT2D eigenvalue weighted by molar-refractivity contribution is 6.03. The van der Waals surface area contributed by atoms with Crippen LogP contribution in [-0.4, -0.2) is 145 Å². The summed E-state index contributed by atoms with van der Waals surface area (Å²) in [5, 5.41) is 40.7. The van der Waals surface area contributed by atoms with Crippen LogP contribution in [0, 0.1) is 0 Å². The second-order valence-electron chi connectivity index (χ2n) is 18.6. The van der Waals surface area contributed by atoms with Crippen molar-refractivity contribution >= 4 is 23.1 Å². The van der Waals surface area contributed by atoms with E-state index in [1.165, 1.54) is 55.4 Å². The number of hydrogen-bond donors (Lipinski definition) is 4. The summed E-state index contributed by atoms with van der Waals surface area (Å²) in [6, 6.07) is 27.3. The molecule has 0 amide bonds. The van der Waals surface area contributed by atoms with Gasteiger partial charge in [0.05, 0.1) is 79.3 Å². The molecular formula is C54H70O15. The highest BCUT2D eigenvalue weighted by Crippen LogP contribution is 2.30. The van der Waals surface area contributed by atoms with Crippen LogP contribution >= 0.6 is 0 Å². The van der Waals surface area contributed by atoms with Crippen molar-refractivity contribution in [2.45, 2.75) is 90.0 Å². The third-order valence-corrected chi connectivity index (χ3v) is 10.6. The molecule has 15 nitrogen and oxygen atoms in total. The molecule has 4 rings (SSSR count). The molecule has 0 fully saturated rings. The zero-order chi connectivity index (χ0) is 50.8. The Labute approximate surface area is 405 Å². The normalized spacial score (nSPS) is 12.5. The topological polar surface area (TPSA) is 214 Å². The van der Waals surface area contributed by atoms with Crippen molar-refractivity contribution in [3.8, 4) is 0 Å². The predicted molar refractivity (Wildman–Crippen MR) is 258 cm³/mol. The average molecular weight is 959 g/mol. The van der Waals surface area contributed by atoms with E-state index >= 15 is 0 Å². The molecule has 0 radical (unpaired) electrons. The van der Waals surface area contributed by atoms with Gasteiger partial charge < -0.3 is 53.6 Å². The van der Waals surface area contributed by atoms with Crippen LogP contribution in [0.2, 0.25) is 0 Å². The number of carbonyl (C=O) groups excluding carboxylic acids is 4. The Kier molecular flexibility index (Phi) is 21.7. The number of hydrogen-bond acceptors (Lipinski definition) is 15. The first-order valence-corrected chi connectivity index (χ1v) is 23.1. The maximum absolute atomic E-state index is 12.6. The van der Waals surface area contributed by atoms with Crippen LogP contribution in [0.3, 0.4) is 0 Å². The SMILES string of the molecule is CC(C)(O)C(=O)c1ccc(C(OCCOCCOCCOCCOCCOCCOC(c2ccc(C(=O)C(C)(C)O)cc2)c2ccc(C(=O)C(C)(C)O)cc2)c2ccc(C(=O)C(C)(C)O)cc2)cc1. The molecule has 0 saturated carbocycles. The molecule has 0 spiro atoms. The lowest BCUT2D eigenvalue weighted by Crippen LogP contribution is -2.31. The molecule has 0 heterocycles. The van der Waals surface area contributed by atoms with E-state index in [2.05, 4.69) is 0 Å². The van der Waals surface area contributed by atoms with Crippen molar-refractivity contribution in [3.63, 3.8) is 0 Å². The van der Waals surface area contributed by atoms with Crippen LogP contribution in [0.15, 0.2) is 97.1 Å². The summed E-state index contributed by atoms with van der Waals surface area (Å²) in [6.07, 6.45) is -1.10. The largest absolute Gasteiger partial charge is 0.382 e. The van der Waals surface area contributed by atoms with Gasteiger partial charge in [0.2, 0.25) is 0 Å². The van der Waals surface area contributed by atoms with E-state index in [4.69, 9.17) is 33.2 Å². The van der Waals surface area contributed by atoms with Crippen molar-refractivity contribution in [1.82, 2.24) is 0 Å². The molecule has 0 atom stereocenters. The summed E-state index contributed by atoms with van der Waals surface area (Å²) in [4.78, 5) is 50.3. The third-order valence-electron chi connectivity index (χ3n) is 10.6. The fourth-order valence-corrected chi connectivity index (χ4v) is 6.85. The van der Waals surface area contributed by atoms with Crippen molar-refractivity contribution in [2.75, 3.05) is 79.3 Å². The molecule has 0 aliphatic rings. The number of benzene rings is 4. The van der Waals surface area contributed by atoms with E-state index in [9.17, 15) is 39.6 Å². The molecule has 4 N–H and O–H groups in total. The van der Waals surface area contributed by atoms with Gasteiger partial charge in [-0.1, -0.05) is 97.1 Å². The van der Waals surface area contributed by atoms with Crippen molar-refractivity contribution in [2.24, 2.45) is 0 Å². The molecule has 0 aliphatic carbocycles. The fraction of sp³-hybridized carbons (Fsp3) is 0.481. The summed E-state index contributed by atoms with van der Waals surface area (Å²) in [6.45, 7) is 15.4. The maximum atomic E-state index is 12.6. The summed E-state index contributed by atoms with van der Waals surface area (Å²) >= 11 is 0. The predicted octanol–water partition coefficient (Wildman–Crippen LogP) is 6.50. The maximum Gasteiger partial charge on any atom is 0.193 e. The Balaban J connectivity index is 1.10. The van der Waals surface area contributed by atoms with Crippen LogP contribution in [0.25, 0.3) is 0 Å². The van der Waals surface area contributed by atoms with Crippen LogP contribution < -0.4 is 0 Å². The minimum Gasteiger partial charge on any atom is -0.382 e. The van der Waals surface area contributed by atoms with Crippen molar-refractivity contribution < 1.29 is 72.8 Å². The molecule has 4 aromatic rings. The monoisotopic (exact) mass is 958 g/mol. The molecule has 0 saturated heterocycles. The molecule has 376 valence electrons. The first-order chi connectivity index (χ1) is 32.5. The van der Waals surface area contributed by atoms with Crippen LogP contribution in [-0.2, 0) is 33.2 Å². The molecule has 0 unspecified atom stereocenters. The highest BCUT2D eigenvalue weighted by atomic mass is 16.6. The number of carbonyl (C=O) groups is 4. The molecule has 15 heteroatoms. The van der Waals surface area contributed by atoms with Gasteiger partial charge in [-0.3, -0.25) is 19.2 Å².